The summed E-state index contributed by atoms with van der Waals surface area (Å²) in [5.74, 6) is 0. The number of nitrogens with zero attached hydrogens (tertiary/aromatic N) is 1. The van der Waals surface area contributed by atoms with Crippen molar-refractivity contribution in [3.8, 4) is 0 Å². The van der Waals surface area contributed by atoms with Crippen molar-refractivity contribution < 1.29 is 0 Å². The van der Waals surface area contributed by atoms with Crippen molar-refractivity contribution in [3.05, 3.63) is 58.3 Å². The Morgan fingerprint density at radius 3 is 2.71 bits per heavy atom. The average molecular weight is 291 g/mol. The lowest BCUT2D eigenvalue weighted by Crippen LogP contribution is -2.06. The molecule has 0 aliphatic carbocycles. The number of benzene rings is 1. The molecule has 0 fully saturated rings. The molecular formula is C14H15BrN2. The molecule has 0 aliphatic rings. The van der Waals surface area contributed by atoms with Crippen molar-refractivity contribution in [1.82, 2.24) is 4.98 Å². The number of nitrogens with one attached hydrogen (secondary N) is 1. The SMILES string of the molecule is Cc1cccc(C(C)Nc2ccc(Br)nc2)c1. The number of hydrogen-bond donors (Lipinski definition) is 1. The van der Waals surface area contributed by atoms with E-state index < -0.39 is 0 Å². The van der Waals surface area contributed by atoms with Crippen LogP contribution in [-0.2, 0) is 0 Å². The predicted octanol–water partition coefficient (Wildman–Crippen LogP) is 4.33. The molecule has 0 bridgehead atoms. The number of halogens is 1. The van der Waals surface area contributed by atoms with Gasteiger partial charge in [-0.2, -0.15) is 0 Å². The van der Waals surface area contributed by atoms with E-state index in [-0.39, 0.29) is 6.04 Å². The van der Waals surface area contributed by atoms with Crippen LogP contribution in [0.5, 0.6) is 0 Å². The lowest BCUT2D eigenvalue weighted by Gasteiger charge is -2.15. The van der Waals surface area contributed by atoms with Gasteiger partial charge in [-0.25, -0.2) is 4.98 Å². The zero-order chi connectivity index (χ0) is 12.3. The van der Waals surface area contributed by atoms with Gasteiger partial charge in [-0.3, -0.25) is 0 Å². The molecule has 1 aromatic heterocycles. The zero-order valence-corrected chi connectivity index (χ0v) is 11.5. The van der Waals surface area contributed by atoms with E-state index in [1.54, 1.807) is 0 Å². The largest absolute Gasteiger partial charge is 0.377 e. The molecule has 1 N–H and O–H groups in total. The Morgan fingerprint density at radius 1 is 1.24 bits per heavy atom. The second-order valence-corrected chi connectivity index (χ2v) is 4.96. The molecule has 1 heterocycles. The Balaban J connectivity index is 2.11. The molecule has 0 aliphatic heterocycles. The first-order valence-electron chi connectivity index (χ1n) is 5.60. The summed E-state index contributed by atoms with van der Waals surface area (Å²) in [7, 11) is 0. The fourth-order valence-electron chi connectivity index (χ4n) is 1.73. The van der Waals surface area contributed by atoms with Gasteiger partial charge in [0, 0.05) is 6.04 Å². The lowest BCUT2D eigenvalue weighted by molar-refractivity contribution is 0.880. The fraction of sp³-hybridized carbons (Fsp3) is 0.214. The van der Waals surface area contributed by atoms with Gasteiger partial charge in [0.15, 0.2) is 0 Å². The number of pyridine rings is 1. The number of hydrogen-bond acceptors (Lipinski definition) is 2. The minimum Gasteiger partial charge on any atom is -0.377 e. The van der Waals surface area contributed by atoms with Crippen LogP contribution in [0.1, 0.15) is 24.1 Å². The normalized spacial score (nSPS) is 12.2. The van der Waals surface area contributed by atoms with Crippen LogP contribution >= 0.6 is 15.9 Å². The van der Waals surface area contributed by atoms with E-state index in [1.807, 2.05) is 18.3 Å². The topological polar surface area (TPSA) is 24.9 Å². The van der Waals surface area contributed by atoms with E-state index in [1.165, 1.54) is 11.1 Å². The number of rotatable bonds is 3. The lowest BCUT2D eigenvalue weighted by atomic mass is 10.1. The van der Waals surface area contributed by atoms with E-state index in [0.29, 0.717) is 0 Å². The maximum absolute atomic E-state index is 4.20. The van der Waals surface area contributed by atoms with Gasteiger partial charge in [0.05, 0.1) is 11.9 Å². The molecule has 0 radical (unpaired) electrons. The van der Waals surface area contributed by atoms with Crippen molar-refractivity contribution in [3.63, 3.8) is 0 Å². The third-order valence-electron chi connectivity index (χ3n) is 2.65. The van der Waals surface area contributed by atoms with Gasteiger partial charge in [-0.15, -0.1) is 0 Å². The summed E-state index contributed by atoms with van der Waals surface area (Å²) in [4.78, 5) is 4.20. The van der Waals surface area contributed by atoms with E-state index in [2.05, 4.69) is 64.3 Å². The first-order chi connectivity index (χ1) is 8.15. The third-order valence-corrected chi connectivity index (χ3v) is 3.12. The number of aryl methyl sites for hydroxylation is 1. The van der Waals surface area contributed by atoms with Gasteiger partial charge >= 0.3 is 0 Å². The quantitative estimate of drug-likeness (QED) is 0.852. The van der Waals surface area contributed by atoms with E-state index in [4.69, 9.17) is 0 Å². The third kappa shape index (κ3) is 3.30. The van der Waals surface area contributed by atoms with Crippen LogP contribution in [0.15, 0.2) is 47.2 Å². The average Bonchev–Trinajstić information content (AvgIpc) is 2.32. The standard InChI is InChI=1S/C14H15BrN2/c1-10-4-3-5-12(8-10)11(2)17-13-6-7-14(15)16-9-13/h3-9,11,17H,1-2H3. The zero-order valence-electron chi connectivity index (χ0n) is 9.94. The molecule has 0 saturated carbocycles. The molecule has 88 valence electrons. The van der Waals surface area contributed by atoms with E-state index in [9.17, 15) is 0 Å². The Hall–Kier alpha value is -1.35. The van der Waals surface area contributed by atoms with Gasteiger partial charge < -0.3 is 5.32 Å². The molecule has 0 spiro atoms. The summed E-state index contributed by atoms with van der Waals surface area (Å²) in [5.41, 5.74) is 3.60. The Kier molecular flexibility index (Phi) is 3.79. The highest BCUT2D eigenvalue weighted by Gasteiger charge is 2.05. The molecule has 1 aromatic carbocycles. The predicted molar refractivity (Wildman–Crippen MR) is 75.2 cm³/mol. The van der Waals surface area contributed by atoms with Gasteiger partial charge in [-0.1, -0.05) is 29.8 Å². The smallest absolute Gasteiger partial charge is 0.106 e. The van der Waals surface area contributed by atoms with Crippen molar-refractivity contribution in [2.24, 2.45) is 0 Å². The minimum atomic E-state index is 0.276. The second kappa shape index (κ2) is 5.32. The van der Waals surface area contributed by atoms with Crippen molar-refractivity contribution >= 4 is 21.6 Å². The summed E-state index contributed by atoms with van der Waals surface area (Å²) < 4.78 is 0.853. The summed E-state index contributed by atoms with van der Waals surface area (Å²) in [6.45, 7) is 4.26. The maximum Gasteiger partial charge on any atom is 0.106 e. The van der Waals surface area contributed by atoms with E-state index in [0.717, 1.165) is 10.3 Å². The number of aromatic nitrogens is 1. The van der Waals surface area contributed by atoms with Crippen LogP contribution in [0.3, 0.4) is 0 Å². The minimum absolute atomic E-state index is 0.276. The summed E-state index contributed by atoms with van der Waals surface area (Å²) >= 11 is 3.33. The van der Waals surface area contributed by atoms with Crippen LogP contribution in [-0.4, -0.2) is 4.98 Å². The Bertz CT molecular complexity index is 494. The second-order valence-electron chi connectivity index (χ2n) is 4.15. The van der Waals surface area contributed by atoms with Crippen LogP contribution in [0.4, 0.5) is 5.69 Å². The van der Waals surface area contributed by atoms with Gasteiger partial charge in [0.2, 0.25) is 0 Å². The summed E-state index contributed by atoms with van der Waals surface area (Å²) in [6.07, 6.45) is 1.83. The van der Waals surface area contributed by atoms with Crippen molar-refractivity contribution in [1.29, 1.82) is 0 Å². The van der Waals surface area contributed by atoms with Crippen LogP contribution < -0.4 is 5.32 Å². The fourth-order valence-corrected chi connectivity index (χ4v) is 1.97. The first-order valence-corrected chi connectivity index (χ1v) is 6.39. The molecule has 2 rings (SSSR count). The molecule has 17 heavy (non-hydrogen) atoms. The molecule has 1 unspecified atom stereocenters. The first kappa shape index (κ1) is 12.1. The molecule has 1 atom stereocenters. The number of anilines is 1. The van der Waals surface area contributed by atoms with Gasteiger partial charge in [0.1, 0.15) is 4.60 Å². The van der Waals surface area contributed by atoms with Crippen molar-refractivity contribution in [2.45, 2.75) is 19.9 Å². The van der Waals surface area contributed by atoms with Gasteiger partial charge in [0.25, 0.3) is 0 Å². The van der Waals surface area contributed by atoms with Gasteiger partial charge in [-0.05, 0) is 47.5 Å². The Morgan fingerprint density at radius 2 is 2.06 bits per heavy atom. The summed E-state index contributed by atoms with van der Waals surface area (Å²) in [6, 6.07) is 12.8. The molecule has 2 nitrogen and oxygen atoms in total. The van der Waals surface area contributed by atoms with Crippen LogP contribution in [0.25, 0.3) is 0 Å². The monoisotopic (exact) mass is 290 g/mol. The van der Waals surface area contributed by atoms with Crippen LogP contribution in [0, 0.1) is 6.92 Å². The molecular weight excluding hydrogens is 276 g/mol. The molecule has 0 amide bonds. The highest BCUT2D eigenvalue weighted by Crippen LogP contribution is 2.20. The van der Waals surface area contributed by atoms with Crippen LogP contribution in [0.2, 0.25) is 0 Å². The summed E-state index contributed by atoms with van der Waals surface area (Å²) in [5, 5.41) is 3.43. The molecule has 0 saturated heterocycles. The molecule has 3 heteroatoms. The highest BCUT2D eigenvalue weighted by atomic mass is 79.9. The maximum atomic E-state index is 4.20. The van der Waals surface area contributed by atoms with Crippen molar-refractivity contribution in [2.75, 3.05) is 5.32 Å². The highest BCUT2D eigenvalue weighted by molar-refractivity contribution is 9.10. The van der Waals surface area contributed by atoms with E-state index >= 15 is 0 Å². The Labute approximate surface area is 110 Å². The molecule has 2 aromatic rings.